The molecule has 0 aliphatic carbocycles. The fourth-order valence-electron chi connectivity index (χ4n) is 2.34. The SMILES string of the molecule is CCOc1ccccc1OCCCC(=O)NCCc1ccc(F)cc1. The third-order valence-electron chi connectivity index (χ3n) is 3.60. The Morgan fingerprint density at radius 2 is 1.72 bits per heavy atom. The zero-order chi connectivity index (χ0) is 17.9. The van der Waals surface area contributed by atoms with E-state index in [1.807, 2.05) is 31.2 Å². The van der Waals surface area contributed by atoms with Crippen molar-refractivity contribution in [2.45, 2.75) is 26.2 Å². The van der Waals surface area contributed by atoms with E-state index in [1.165, 1.54) is 12.1 Å². The van der Waals surface area contributed by atoms with Crippen molar-refractivity contribution in [2.75, 3.05) is 19.8 Å². The second-order valence-electron chi connectivity index (χ2n) is 5.56. The molecule has 2 aromatic carbocycles. The summed E-state index contributed by atoms with van der Waals surface area (Å²) in [5, 5.41) is 2.86. The number of amides is 1. The molecular formula is C20H24FNO3. The van der Waals surface area contributed by atoms with Crippen molar-refractivity contribution < 1.29 is 18.7 Å². The summed E-state index contributed by atoms with van der Waals surface area (Å²) < 4.78 is 24.0. The molecule has 0 radical (unpaired) electrons. The Hall–Kier alpha value is -2.56. The Kier molecular flexibility index (Phi) is 7.76. The van der Waals surface area contributed by atoms with Gasteiger partial charge in [0.05, 0.1) is 13.2 Å². The van der Waals surface area contributed by atoms with Gasteiger partial charge in [-0.15, -0.1) is 0 Å². The molecule has 0 aliphatic rings. The molecule has 1 N–H and O–H groups in total. The molecule has 0 saturated heterocycles. The van der Waals surface area contributed by atoms with Crippen LogP contribution in [-0.4, -0.2) is 25.7 Å². The van der Waals surface area contributed by atoms with Crippen molar-refractivity contribution in [2.24, 2.45) is 0 Å². The van der Waals surface area contributed by atoms with Crippen LogP contribution in [0.25, 0.3) is 0 Å². The number of ether oxygens (including phenoxy) is 2. The van der Waals surface area contributed by atoms with Gasteiger partial charge in [-0.25, -0.2) is 4.39 Å². The van der Waals surface area contributed by atoms with Crippen LogP contribution < -0.4 is 14.8 Å². The van der Waals surface area contributed by atoms with E-state index in [1.54, 1.807) is 12.1 Å². The molecular weight excluding hydrogens is 321 g/mol. The lowest BCUT2D eigenvalue weighted by molar-refractivity contribution is -0.121. The van der Waals surface area contributed by atoms with E-state index in [0.29, 0.717) is 50.5 Å². The zero-order valence-corrected chi connectivity index (χ0v) is 14.5. The number of carbonyl (C=O) groups is 1. The molecule has 0 saturated carbocycles. The van der Waals surface area contributed by atoms with E-state index in [4.69, 9.17) is 9.47 Å². The van der Waals surface area contributed by atoms with E-state index in [9.17, 15) is 9.18 Å². The summed E-state index contributed by atoms with van der Waals surface area (Å²) in [6.07, 6.45) is 1.72. The van der Waals surface area contributed by atoms with Crippen molar-refractivity contribution >= 4 is 5.91 Å². The highest BCUT2D eigenvalue weighted by Gasteiger charge is 2.05. The maximum atomic E-state index is 12.8. The highest BCUT2D eigenvalue weighted by molar-refractivity contribution is 5.75. The molecule has 2 rings (SSSR count). The Bertz CT molecular complexity index is 658. The molecule has 0 aromatic heterocycles. The van der Waals surface area contributed by atoms with Gasteiger partial charge in [0.1, 0.15) is 5.82 Å². The van der Waals surface area contributed by atoms with E-state index < -0.39 is 0 Å². The van der Waals surface area contributed by atoms with Crippen LogP contribution in [0, 0.1) is 5.82 Å². The van der Waals surface area contributed by atoms with Crippen molar-refractivity contribution in [3.63, 3.8) is 0 Å². The van der Waals surface area contributed by atoms with Crippen molar-refractivity contribution in [1.82, 2.24) is 5.32 Å². The Morgan fingerprint density at radius 3 is 2.40 bits per heavy atom. The average Bonchev–Trinajstić information content (AvgIpc) is 2.62. The highest BCUT2D eigenvalue weighted by Crippen LogP contribution is 2.26. The predicted molar refractivity (Wildman–Crippen MR) is 95.5 cm³/mol. The average molecular weight is 345 g/mol. The molecule has 0 bridgehead atoms. The standard InChI is InChI=1S/C20H24FNO3/c1-2-24-18-6-3-4-7-19(18)25-15-5-8-20(23)22-14-13-16-9-11-17(21)12-10-16/h3-4,6-7,9-12H,2,5,8,13-15H2,1H3,(H,22,23). The van der Waals surface area contributed by atoms with E-state index >= 15 is 0 Å². The summed E-state index contributed by atoms with van der Waals surface area (Å²) >= 11 is 0. The fraction of sp³-hybridized carbons (Fsp3) is 0.350. The largest absolute Gasteiger partial charge is 0.490 e. The molecule has 0 spiro atoms. The zero-order valence-electron chi connectivity index (χ0n) is 14.5. The van der Waals surface area contributed by atoms with Crippen LogP contribution in [0.3, 0.4) is 0 Å². The summed E-state index contributed by atoms with van der Waals surface area (Å²) in [4.78, 5) is 11.8. The number of rotatable bonds is 10. The number of hydrogen-bond acceptors (Lipinski definition) is 3. The molecule has 5 heteroatoms. The molecule has 25 heavy (non-hydrogen) atoms. The van der Waals surface area contributed by atoms with Gasteiger partial charge >= 0.3 is 0 Å². The molecule has 0 unspecified atom stereocenters. The lowest BCUT2D eigenvalue weighted by Crippen LogP contribution is -2.25. The van der Waals surface area contributed by atoms with Crippen molar-refractivity contribution in [3.05, 3.63) is 59.9 Å². The van der Waals surface area contributed by atoms with Gasteiger partial charge in [0.25, 0.3) is 0 Å². The molecule has 0 atom stereocenters. The normalized spacial score (nSPS) is 10.3. The van der Waals surface area contributed by atoms with E-state index in [2.05, 4.69) is 5.32 Å². The van der Waals surface area contributed by atoms with Crippen molar-refractivity contribution in [1.29, 1.82) is 0 Å². The lowest BCUT2D eigenvalue weighted by Gasteiger charge is -2.11. The number of hydrogen-bond donors (Lipinski definition) is 1. The minimum absolute atomic E-state index is 0.0104. The molecule has 0 aliphatic heterocycles. The summed E-state index contributed by atoms with van der Waals surface area (Å²) in [5.74, 6) is 1.15. The first kappa shape index (κ1) is 18.8. The van der Waals surface area contributed by atoms with Gasteiger partial charge in [0, 0.05) is 13.0 Å². The van der Waals surface area contributed by atoms with Gasteiger partial charge in [0.2, 0.25) is 5.91 Å². The minimum atomic E-state index is -0.251. The molecule has 4 nitrogen and oxygen atoms in total. The Balaban J connectivity index is 1.61. The number of para-hydroxylation sites is 2. The van der Waals surface area contributed by atoms with E-state index in [0.717, 1.165) is 5.56 Å². The Labute approximate surface area is 148 Å². The molecule has 0 heterocycles. The third kappa shape index (κ3) is 6.83. The molecule has 2 aromatic rings. The second kappa shape index (κ2) is 10.3. The van der Waals surface area contributed by atoms with Crippen LogP contribution >= 0.6 is 0 Å². The van der Waals surface area contributed by atoms with Crippen molar-refractivity contribution in [3.8, 4) is 11.5 Å². The minimum Gasteiger partial charge on any atom is -0.490 e. The van der Waals surface area contributed by atoms with Crippen LogP contribution in [0.1, 0.15) is 25.3 Å². The summed E-state index contributed by atoms with van der Waals surface area (Å²) in [5.41, 5.74) is 0.998. The summed E-state index contributed by atoms with van der Waals surface area (Å²) in [7, 11) is 0. The number of nitrogens with one attached hydrogen (secondary N) is 1. The molecule has 0 fully saturated rings. The second-order valence-corrected chi connectivity index (χ2v) is 5.56. The Morgan fingerprint density at radius 1 is 1.04 bits per heavy atom. The third-order valence-corrected chi connectivity index (χ3v) is 3.60. The van der Waals surface area contributed by atoms with Crippen LogP contribution in [0.4, 0.5) is 4.39 Å². The van der Waals surface area contributed by atoms with Gasteiger partial charge < -0.3 is 14.8 Å². The van der Waals surface area contributed by atoms with Gasteiger partial charge in [-0.05, 0) is 49.6 Å². The summed E-state index contributed by atoms with van der Waals surface area (Å²) in [6, 6.07) is 13.8. The van der Waals surface area contributed by atoms with Crippen LogP contribution in [-0.2, 0) is 11.2 Å². The molecule has 134 valence electrons. The lowest BCUT2D eigenvalue weighted by atomic mass is 10.1. The monoisotopic (exact) mass is 345 g/mol. The quantitative estimate of drug-likeness (QED) is 0.667. The van der Waals surface area contributed by atoms with Crippen LogP contribution in [0.2, 0.25) is 0 Å². The van der Waals surface area contributed by atoms with Gasteiger partial charge in [-0.1, -0.05) is 24.3 Å². The maximum Gasteiger partial charge on any atom is 0.220 e. The fourth-order valence-corrected chi connectivity index (χ4v) is 2.34. The number of halogens is 1. The maximum absolute atomic E-state index is 12.8. The first-order chi connectivity index (χ1) is 12.2. The van der Waals surface area contributed by atoms with Gasteiger partial charge in [-0.3, -0.25) is 4.79 Å². The smallest absolute Gasteiger partial charge is 0.220 e. The predicted octanol–water partition coefficient (Wildman–Crippen LogP) is 3.74. The molecule has 1 amide bonds. The first-order valence-corrected chi connectivity index (χ1v) is 8.55. The first-order valence-electron chi connectivity index (χ1n) is 8.55. The van der Waals surface area contributed by atoms with Crippen LogP contribution in [0.15, 0.2) is 48.5 Å². The van der Waals surface area contributed by atoms with Gasteiger partial charge in [0.15, 0.2) is 11.5 Å². The van der Waals surface area contributed by atoms with E-state index in [-0.39, 0.29) is 11.7 Å². The van der Waals surface area contributed by atoms with Gasteiger partial charge in [-0.2, -0.15) is 0 Å². The topological polar surface area (TPSA) is 47.6 Å². The summed E-state index contributed by atoms with van der Waals surface area (Å²) in [6.45, 7) is 3.50. The number of benzene rings is 2. The number of carbonyl (C=O) groups excluding carboxylic acids is 1. The van der Waals surface area contributed by atoms with Crippen LogP contribution in [0.5, 0.6) is 11.5 Å². The highest BCUT2D eigenvalue weighted by atomic mass is 19.1.